The second-order valence-electron chi connectivity index (χ2n) is 6.90. The molecule has 2 aliphatic rings. The van der Waals surface area contributed by atoms with Crippen LogP contribution in [0.1, 0.15) is 31.7 Å². The Labute approximate surface area is 155 Å². The molecule has 4 rings (SSSR count). The molecule has 0 bridgehead atoms. The molecule has 1 saturated heterocycles. The molecule has 0 spiro atoms. The van der Waals surface area contributed by atoms with Gasteiger partial charge in [0.25, 0.3) is 0 Å². The molecule has 10 heteroatoms. The fourth-order valence-corrected chi connectivity index (χ4v) is 3.92. The summed E-state index contributed by atoms with van der Waals surface area (Å²) < 4.78 is 6.95. The maximum absolute atomic E-state index is 10.4. The molecule has 3 heterocycles. The smallest absolute Gasteiger partial charge is 0.226 e. The molecule has 2 aromatic heterocycles. The van der Waals surface area contributed by atoms with Crippen LogP contribution in [0.5, 0.6) is 0 Å². The normalized spacial score (nSPS) is 30.2. The Morgan fingerprint density at radius 3 is 2.73 bits per heavy atom. The van der Waals surface area contributed by atoms with Gasteiger partial charge in [0.05, 0.1) is 24.8 Å². The van der Waals surface area contributed by atoms with Gasteiger partial charge in [0.1, 0.15) is 30.2 Å². The number of aromatic nitrogens is 4. The van der Waals surface area contributed by atoms with Crippen LogP contribution in [0.2, 0.25) is 5.28 Å². The Morgan fingerprint density at radius 1 is 1.23 bits per heavy atom. The summed E-state index contributed by atoms with van der Waals surface area (Å²) in [7, 11) is 0. The molecule has 2 fully saturated rings. The zero-order valence-corrected chi connectivity index (χ0v) is 14.9. The highest BCUT2D eigenvalue weighted by molar-refractivity contribution is 6.28. The van der Waals surface area contributed by atoms with Crippen LogP contribution in [0.25, 0.3) is 11.0 Å². The van der Waals surface area contributed by atoms with E-state index >= 15 is 0 Å². The first-order valence-electron chi connectivity index (χ1n) is 8.84. The van der Waals surface area contributed by atoms with Gasteiger partial charge in [-0.3, -0.25) is 0 Å². The van der Waals surface area contributed by atoms with Crippen LogP contribution in [0.3, 0.4) is 0 Å². The summed E-state index contributed by atoms with van der Waals surface area (Å²) in [5, 5.41) is 38.3. The zero-order chi connectivity index (χ0) is 18.3. The Morgan fingerprint density at radius 2 is 2.00 bits per heavy atom. The lowest BCUT2D eigenvalue weighted by Crippen LogP contribution is -2.52. The van der Waals surface area contributed by atoms with E-state index in [1.54, 1.807) is 6.20 Å². The average Bonchev–Trinajstić information content (AvgIpc) is 3.27. The minimum Gasteiger partial charge on any atom is -0.394 e. The van der Waals surface area contributed by atoms with Crippen molar-refractivity contribution in [2.45, 2.75) is 56.1 Å². The lowest BCUT2D eigenvalue weighted by atomic mass is 9.98. The zero-order valence-electron chi connectivity index (χ0n) is 14.1. The van der Waals surface area contributed by atoms with E-state index in [4.69, 9.17) is 16.3 Å². The van der Waals surface area contributed by atoms with Crippen LogP contribution in [0.4, 0.5) is 5.82 Å². The Bertz CT molecular complexity index is 781. The third kappa shape index (κ3) is 3.14. The topological polar surface area (TPSA) is 126 Å². The van der Waals surface area contributed by atoms with Crippen molar-refractivity contribution in [1.82, 2.24) is 19.7 Å². The van der Waals surface area contributed by atoms with E-state index in [-0.39, 0.29) is 18.5 Å². The van der Waals surface area contributed by atoms with Gasteiger partial charge < -0.3 is 25.4 Å². The lowest BCUT2D eigenvalue weighted by molar-refractivity contribution is -0.170. The number of hydrogen-bond donors (Lipinski definition) is 4. The van der Waals surface area contributed by atoms with Crippen LogP contribution in [0.15, 0.2) is 6.20 Å². The number of anilines is 1. The molecule has 0 aromatic carbocycles. The number of ether oxygens (including phenoxy) is 1. The molecule has 0 radical (unpaired) electrons. The molecular formula is C16H22ClN5O4. The van der Waals surface area contributed by atoms with Crippen molar-refractivity contribution in [3.8, 4) is 0 Å². The monoisotopic (exact) mass is 383 g/mol. The summed E-state index contributed by atoms with van der Waals surface area (Å²) in [5.41, 5.74) is 0.466. The van der Waals surface area contributed by atoms with Crippen LogP contribution in [-0.2, 0) is 4.74 Å². The van der Waals surface area contributed by atoms with Crippen molar-refractivity contribution in [3.05, 3.63) is 11.5 Å². The number of nitrogens with one attached hydrogen (secondary N) is 1. The van der Waals surface area contributed by atoms with Crippen molar-refractivity contribution in [1.29, 1.82) is 0 Å². The predicted molar refractivity (Wildman–Crippen MR) is 94.1 cm³/mol. The summed E-state index contributed by atoms with van der Waals surface area (Å²) >= 11 is 6.11. The molecule has 1 saturated carbocycles. The van der Waals surface area contributed by atoms with E-state index < -0.39 is 24.4 Å². The molecule has 1 aliphatic carbocycles. The Hall–Kier alpha value is -1.52. The fraction of sp³-hybridized carbons (Fsp3) is 0.688. The third-order valence-electron chi connectivity index (χ3n) is 5.22. The summed E-state index contributed by atoms with van der Waals surface area (Å²) in [5.74, 6) is 0.623. The molecular weight excluding hydrogens is 362 g/mol. The lowest BCUT2D eigenvalue weighted by Gasteiger charge is -2.36. The molecule has 9 nitrogen and oxygen atoms in total. The molecule has 4 N–H and O–H groups in total. The first kappa shape index (κ1) is 17.9. The molecule has 1 aliphatic heterocycles. The van der Waals surface area contributed by atoms with Gasteiger partial charge in [0.15, 0.2) is 5.65 Å². The highest BCUT2D eigenvalue weighted by Crippen LogP contribution is 2.31. The number of nitrogens with zero attached hydrogens (tertiary/aromatic N) is 4. The fourth-order valence-electron chi connectivity index (χ4n) is 3.76. The summed E-state index contributed by atoms with van der Waals surface area (Å²) in [4.78, 5) is 8.56. The predicted octanol–water partition coefficient (Wildman–Crippen LogP) is 0.488. The number of fused-ring (bicyclic) bond motifs is 1. The van der Waals surface area contributed by atoms with Crippen molar-refractivity contribution in [2.24, 2.45) is 0 Å². The van der Waals surface area contributed by atoms with E-state index in [0.717, 1.165) is 12.8 Å². The van der Waals surface area contributed by atoms with E-state index in [9.17, 15) is 15.3 Å². The van der Waals surface area contributed by atoms with E-state index in [0.29, 0.717) is 22.9 Å². The molecule has 0 amide bonds. The number of rotatable bonds is 4. The van der Waals surface area contributed by atoms with Crippen molar-refractivity contribution >= 4 is 28.5 Å². The van der Waals surface area contributed by atoms with Crippen molar-refractivity contribution in [3.63, 3.8) is 0 Å². The summed E-state index contributed by atoms with van der Waals surface area (Å²) in [6.45, 7) is -0.276. The highest BCUT2D eigenvalue weighted by atomic mass is 35.5. The van der Waals surface area contributed by atoms with E-state index in [1.807, 2.05) is 0 Å². The SMILES string of the molecule is OC[C@H]1OCC(n2ncc3c(NC4CCCC4)nc(Cl)nc32)[C@@H](O)[C@@H]1O. The van der Waals surface area contributed by atoms with E-state index in [2.05, 4.69) is 20.4 Å². The van der Waals surface area contributed by atoms with Gasteiger partial charge in [0.2, 0.25) is 5.28 Å². The van der Waals surface area contributed by atoms with Crippen LogP contribution >= 0.6 is 11.6 Å². The maximum Gasteiger partial charge on any atom is 0.226 e. The molecule has 26 heavy (non-hydrogen) atoms. The van der Waals surface area contributed by atoms with Crippen molar-refractivity contribution < 1.29 is 20.1 Å². The number of halogens is 1. The minimum atomic E-state index is -1.22. The molecule has 1 unspecified atom stereocenters. The second-order valence-corrected chi connectivity index (χ2v) is 7.23. The second kappa shape index (κ2) is 7.24. The third-order valence-corrected chi connectivity index (χ3v) is 5.39. The number of aliphatic hydroxyl groups excluding tert-OH is 3. The first-order valence-corrected chi connectivity index (χ1v) is 9.22. The van der Waals surface area contributed by atoms with Gasteiger partial charge in [-0.15, -0.1) is 0 Å². The van der Waals surface area contributed by atoms with Gasteiger partial charge in [-0.05, 0) is 24.4 Å². The van der Waals surface area contributed by atoms with Gasteiger partial charge in [-0.2, -0.15) is 15.1 Å². The average molecular weight is 384 g/mol. The summed E-state index contributed by atoms with van der Waals surface area (Å²) in [6, 6.07) is -0.293. The van der Waals surface area contributed by atoms with Gasteiger partial charge in [-0.25, -0.2) is 4.68 Å². The minimum absolute atomic E-state index is 0.0831. The summed E-state index contributed by atoms with van der Waals surface area (Å²) in [6.07, 6.45) is 2.99. The molecule has 142 valence electrons. The quantitative estimate of drug-likeness (QED) is 0.562. The van der Waals surface area contributed by atoms with Gasteiger partial charge in [0, 0.05) is 6.04 Å². The number of aliphatic hydroxyl groups is 3. The van der Waals surface area contributed by atoms with Crippen LogP contribution in [0, 0.1) is 0 Å². The highest BCUT2D eigenvalue weighted by Gasteiger charge is 2.40. The Balaban J connectivity index is 1.67. The largest absolute Gasteiger partial charge is 0.394 e. The van der Waals surface area contributed by atoms with Crippen molar-refractivity contribution in [2.75, 3.05) is 18.5 Å². The maximum atomic E-state index is 10.4. The van der Waals surface area contributed by atoms with Gasteiger partial charge >= 0.3 is 0 Å². The molecule has 4 atom stereocenters. The molecule has 2 aromatic rings. The van der Waals surface area contributed by atoms with E-state index in [1.165, 1.54) is 17.5 Å². The standard InChI is InChI=1S/C16H22ClN5O4/c17-16-20-14(19-8-3-1-2-4-8)9-5-18-22(15(9)21-16)10-7-26-11(6-23)13(25)12(10)24/h5,8,10-13,23-25H,1-4,6-7H2,(H,19,20,21)/t10?,11-,12-,13-/m1/s1. The number of hydrogen-bond acceptors (Lipinski definition) is 8. The Kier molecular flexibility index (Phi) is 4.98. The van der Waals surface area contributed by atoms with Crippen LogP contribution < -0.4 is 5.32 Å². The van der Waals surface area contributed by atoms with Crippen LogP contribution in [-0.4, -0.2) is 72.6 Å². The first-order chi connectivity index (χ1) is 12.6. The van der Waals surface area contributed by atoms with Gasteiger partial charge in [-0.1, -0.05) is 12.8 Å².